The highest BCUT2D eigenvalue weighted by molar-refractivity contribution is 7.20. The number of thiophene rings is 1. The molecule has 0 bridgehead atoms. The molecule has 5 rings (SSSR count). The Morgan fingerprint density at radius 3 is 2.69 bits per heavy atom. The lowest BCUT2D eigenvalue weighted by Gasteiger charge is -2.15. The van der Waals surface area contributed by atoms with Gasteiger partial charge in [0.2, 0.25) is 5.91 Å². The predicted molar refractivity (Wildman–Crippen MR) is 124 cm³/mol. The van der Waals surface area contributed by atoms with E-state index in [4.69, 9.17) is 0 Å². The van der Waals surface area contributed by atoms with Crippen molar-refractivity contribution in [3.05, 3.63) is 76.0 Å². The number of rotatable bonds is 4. The Balaban J connectivity index is 1.37. The number of hydrogen-bond acceptors (Lipinski definition) is 4. The third kappa shape index (κ3) is 3.67. The number of anilines is 2. The molecule has 3 heterocycles. The van der Waals surface area contributed by atoms with Gasteiger partial charge < -0.3 is 10.2 Å². The van der Waals surface area contributed by atoms with Crippen LogP contribution in [0.4, 0.5) is 15.8 Å². The molecule has 0 saturated carbocycles. The first kappa shape index (κ1) is 20.4. The second kappa shape index (κ2) is 7.87. The average molecular weight is 449 g/mol. The molecule has 0 radical (unpaired) electrons. The molecule has 0 spiro atoms. The van der Waals surface area contributed by atoms with Crippen LogP contribution in [0.3, 0.4) is 0 Å². The first-order valence-electron chi connectivity index (χ1n) is 10.3. The van der Waals surface area contributed by atoms with Crippen molar-refractivity contribution in [2.75, 3.05) is 16.8 Å². The number of aromatic nitrogens is 2. The van der Waals surface area contributed by atoms with Gasteiger partial charge in [0.15, 0.2) is 0 Å². The highest BCUT2D eigenvalue weighted by atomic mass is 32.1. The zero-order chi connectivity index (χ0) is 22.4. The molecular formula is C24H21FN4O2S. The maximum atomic E-state index is 13.2. The first-order valence-corrected chi connectivity index (χ1v) is 11.1. The van der Waals surface area contributed by atoms with Gasteiger partial charge in [-0.05, 0) is 60.9 Å². The summed E-state index contributed by atoms with van der Waals surface area (Å²) in [5.41, 5.74) is 4.46. The van der Waals surface area contributed by atoms with E-state index in [1.54, 1.807) is 24.0 Å². The molecule has 4 aromatic rings. The lowest BCUT2D eigenvalue weighted by Crippen LogP contribution is -2.25. The molecule has 2 aromatic heterocycles. The highest BCUT2D eigenvalue weighted by Gasteiger charge is 2.23. The summed E-state index contributed by atoms with van der Waals surface area (Å²) in [4.78, 5) is 27.9. The Hall–Kier alpha value is -3.52. The van der Waals surface area contributed by atoms with E-state index in [1.807, 2.05) is 35.9 Å². The van der Waals surface area contributed by atoms with Crippen LogP contribution < -0.4 is 10.2 Å². The number of halogens is 1. The topological polar surface area (TPSA) is 67.2 Å². The number of aryl methyl sites for hydroxylation is 1. The Morgan fingerprint density at radius 2 is 1.94 bits per heavy atom. The summed E-state index contributed by atoms with van der Waals surface area (Å²) < 4.78 is 15.1. The number of nitrogens with zero attached hydrogens (tertiary/aromatic N) is 3. The van der Waals surface area contributed by atoms with Gasteiger partial charge >= 0.3 is 0 Å². The summed E-state index contributed by atoms with van der Waals surface area (Å²) in [5.74, 6) is -0.428. The van der Waals surface area contributed by atoms with Crippen LogP contribution in [0.1, 0.15) is 33.4 Å². The summed E-state index contributed by atoms with van der Waals surface area (Å²) in [6.45, 7) is 4.65. The van der Waals surface area contributed by atoms with Gasteiger partial charge in [-0.15, -0.1) is 11.3 Å². The normalized spacial score (nSPS) is 12.9. The molecule has 1 aliphatic rings. The minimum Gasteiger partial charge on any atom is -0.321 e. The molecule has 0 unspecified atom stereocenters. The van der Waals surface area contributed by atoms with Crippen LogP contribution in [-0.4, -0.2) is 28.1 Å². The van der Waals surface area contributed by atoms with Crippen LogP contribution in [0.25, 0.3) is 10.2 Å². The quantitative estimate of drug-likeness (QED) is 0.490. The van der Waals surface area contributed by atoms with Crippen LogP contribution in [0, 0.1) is 12.7 Å². The van der Waals surface area contributed by atoms with Gasteiger partial charge in [-0.3, -0.25) is 14.3 Å². The lowest BCUT2D eigenvalue weighted by molar-refractivity contribution is -0.116. The Morgan fingerprint density at radius 1 is 1.16 bits per heavy atom. The number of hydrogen-bond donors (Lipinski definition) is 1. The van der Waals surface area contributed by atoms with E-state index < -0.39 is 0 Å². The van der Waals surface area contributed by atoms with Crippen molar-refractivity contribution in [1.29, 1.82) is 0 Å². The van der Waals surface area contributed by atoms with Crippen LogP contribution in [0.5, 0.6) is 0 Å². The lowest BCUT2D eigenvalue weighted by atomic mass is 10.1. The third-order valence-electron chi connectivity index (χ3n) is 5.69. The molecule has 1 aliphatic heterocycles. The van der Waals surface area contributed by atoms with Crippen molar-refractivity contribution in [2.24, 2.45) is 0 Å². The van der Waals surface area contributed by atoms with Crippen molar-refractivity contribution in [1.82, 2.24) is 9.78 Å². The Kier molecular flexibility index (Phi) is 5.01. The zero-order valence-electron chi connectivity index (χ0n) is 17.7. The van der Waals surface area contributed by atoms with Gasteiger partial charge in [0.1, 0.15) is 10.6 Å². The largest absolute Gasteiger partial charge is 0.321 e. The maximum Gasteiger partial charge on any atom is 0.265 e. The van der Waals surface area contributed by atoms with Crippen LogP contribution in [0.2, 0.25) is 0 Å². The molecule has 0 aliphatic carbocycles. The summed E-state index contributed by atoms with van der Waals surface area (Å²) in [6.07, 6.45) is 0.778. The fourth-order valence-electron chi connectivity index (χ4n) is 4.09. The van der Waals surface area contributed by atoms with Gasteiger partial charge in [-0.1, -0.05) is 12.1 Å². The molecular weight excluding hydrogens is 427 g/mol. The van der Waals surface area contributed by atoms with E-state index in [1.165, 1.54) is 23.5 Å². The molecule has 1 N–H and O–H groups in total. The summed E-state index contributed by atoms with van der Waals surface area (Å²) in [6, 6.07) is 13.8. The van der Waals surface area contributed by atoms with E-state index in [0.717, 1.165) is 39.1 Å². The Bertz CT molecular complexity index is 1360. The molecule has 2 amide bonds. The number of nitrogens with one attached hydrogen (secondary N) is 1. The zero-order valence-corrected chi connectivity index (χ0v) is 18.5. The van der Waals surface area contributed by atoms with E-state index in [2.05, 4.69) is 10.4 Å². The van der Waals surface area contributed by atoms with Crippen molar-refractivity contribution >= 4 is 44.7 Å². The van der Waals surface area contributed by atoms with Crippen LogP contribution in [0.15, 0.2) is 48.5 Å². The van der Waals surface area contributed by atoms with Crippen LogP contribution in [-0.2, 0) is 17.8 Å². The minimum absolute atomic E-state index is 0.0239. The monoisotopic (exact) mass is 448 g/mol. The van der Waals surface area contributed by atoms with Gasteiger partial charge in [-0.25, -0.2) is 4.39 Å². The number of fused-ring (bicyclic) bond motifs is 2. The number of carbonyl (C=O) groups excluding carboxylic acids is 2. The minimum atomic E-state index is -0.272. The molecule has 2 aromatic carbocycles. The molecule has 0 fully saturated rings. The Labute approximate surface area is 188 Å². The van der Waals surface area contributed by atoms with Crippen LogP contribution >= 0.6 is 11.3 Å². The van der Waals surface area contributed by atoms with Gasteiger partial charge in [0.25, 0.3) is 5.91 Å². The smallest absolute Gasteiger partial charge is 0.265 e. The maximum absolute atomic E-state index is 13.2. The van der Waals surface area contributed by atoms with Crippen molar-refractivity contribution < 1.29 is 14.0 Å². The summed E-state index contributed by atoms with van der Waals surface area (Å²) >= 11 is 1.39. The summed E-state index contributed by atoms with van der Waals surface area (Å²) in [7, 11) is 0. The third-order valence-corrected chi connectivity index (χ3v) is 6.84. The summed E-state index contributed by atoms with van der Waals surface area (Å²) in [5, 5.41) is 8.49. The SMILES string of the molecule is CC(=O)N1CCc2cc(NC(=O)c3cc4c(C)nn(Cc5ccc(F)cc5)c4s3)ccc21. The van der Waals surface area contributed by atoms with Gasteiger partial charge in [-0.2, -0.15) is 5.10 Å². The molecule has 32 heavy (non-hydrogen) atoms. The molecule has 162 valence electrons. The van der Waals surface area contributed by atoms with E-state index >= 15 is 0 Å². The fraction of sp³-hybridized carbons (Fsp3) is 0.208. The van der Waals surface area contributed by atoms with E-state index in [9.17, 15) is 14.0 Å². The second-order valence-corrected chi connectivity index (χ2v) is 8.95. The standard InChI is InChI=1S/C24H21FN4O2S/c1-14-20-12-22(32-24(20)29(27-14)13-16-3-5-18(25)6-4-16)23(31)26-19-7-8-21-17(11-19)9-10-28(21)15(2)30/h3-8,11-12H,9-10,13H2,1-2H3,(H,26,31). The predicted octanol–water partition coefficient (Wildman–Crippen LogP) is 4.75. The highest BCUT2D eigenvalue weighted by Crippen LogP contribution is 2.32. The van der Waals surface area contributed by atoms with E-state index in [-0.39, 0.29) is 17.6 Å². The second-order valence-electron chi connectivity index (χ2n) is 7.92. The number of amides is 2. The van der Waals surface area contributed by atoms with Gasteiger partial charge in [0.05, 0.1) is 17.1 Å². The number of benzene rings is 2. The van der Waals surface area contributed by atoms with E-state index in [0.29, 0.717) is 23.7 Å². The fourth-order valence-corrected chi connectivity index (χ4v) is 5.15. The van der Waals surface area contributed by atoms with Crippen molar-refractivity contribution in [2.45, 2.75) is 26.8 Å². The molecule has 6 nitrogen and oxygen atoms in total. The average Bonchev–Trinajstić information content (AvgIpc) is 3.45. The first-order chi connectivity index (χ1) is 15.4. The van der Waals surface area contributed by atoms with Crippen molar-refractivity contribution in [3.8, 4) is 0 Å². The van der Waals surface area contributed by atoms with Crippen molar-refractivity contribution in [3.63, 3.8) is 0 Å². The number of carbonyl (C=O) groups is 2. The molecule has 8 heteroatoms. The molecule has 0 atom stereocenters. The molecule has 0 saturated heterocycles. The van der Waals surface area contributed by atoms with Gasteiger partial charge in [0, 0.05) is 30.2 Å².